The maximum absolute atomic E-state index is 13.1. The molecule has 8 nitrogen and oxygen atoms in total. The maximum Gasteiger partial charge on any atom is 0.339 e. The van der Waals surface area contributed by atoms with Gasteiger partial charge in [-0.15, -0.1) is 0 Å². The number of nitrogens with one attached hydrogen (secondary N) is 1. The lowest BCUT2D eigenvalue weighted by Gasteiger charge is -2.11. The molecule has 31 heavy (non-hydrogen) atoms. The van der Waals surface area contributed by atoms with Crippen molar-refractivity contribution in [3.63, 3.8) is 0 Å². The summed E-state index contributed by atoms with van der Waals surface area (Å²) in [6.45, 7) is -0.0495. The SMILES string of the molecule is COC(=O)c1ccccc1NC(=O)Cn1cccc1-c1nc(-c2ccc(F)cc2)no1. The van der Waals surface area contributed by atoms with E-state index in [4.69, 9.17) is 9.26 Å². The molecule has 0 bridgehead atoms. The number of hydrogen-bond acceptors (Lipinski definition) is 6. The highest BCUT2D eigenvalue weighted by Gasteiger charge is 2.17. The van der Waals surface area contributed by atoms with E-state index in [-0.39, 0.29) is 29.7 Å². The number of rotatable bonds is 6. The Bertz CT molecular complexity index is 1230. The number of nitrogens with zero attached hydrogens (tertiary/aromatic N) is 3. The number of carbonyl (C=O) groups excluding carboxylic acids is 2. The van der Waals surface area contributed by atoms with Crippen LogP contribution in [0.15, 0.2) is 71.4 Å². The first-order chi connectivity index (χ1) is 15.0. The topological polar surface area (TPSA) is 99.2 Å². The number of para-hydroxylation sites is 1. The minimum atomic E-state index is -0.545. The average Bonchev–Trinajstić information content (AvgIpc) is 3.43. The number of aromatic nitrogens is 3. The highest BCUT2D eigenvalue weighted by atomic mass is 19.1. The Balaban J connectivity index is 1.52. The fourth-order valence-corrected chi connectivity index (χ4v) is 3.01. The largest absolute Gasteiger partial charge is 0.465 e. The van der Waals surface area contributed by atoms with Gasteiger partial charge in [0.25, 0.3) is 5.89 Å². The smallest absolute Gasteiger partial charge is 0.339 e. The van der Waals surface area contributed by atoms with Gasteiger partial charge in [-0.05, 0) is 48.5 Å². The highest BCUT2D eigenvalue weighted by Crippen LogP contribution is 2.23. The number of anilines is 1. The molecule has 0 aliphatic rings. The molecule has 9 heteroatoms. The van der Waals surface area contributed by atoms with E-state index >= 15 is 0 Å². The number of benzene rings is 2. The van der Waals surface area contributed by atoms with Crippen LogP contribution < -0.4 is 5.32 Å². The summed E-state index contributed by atoms with van der Waals surface area (Å²) in [6, 6.07) is 15.8. The molecule has 2 aromatic carbocycles. The van der Waals surface area contributed by atoms with Crippen LogP contribution in [0.3, 0.4) is 0 Å². The van der Waals surface area contributed by atoms with Crippen LogP contribution in [0.25, 0.3) is 23.0 Å². The van der Waals surface area contributed by atoms with E-state index in [0.717, 1.165) is 0 Å². The van der Waals surface area contributed by atoms with E-state index in [1.54, 1.807) is 59.3 Å². The fourth-order valence-electron chi connectivity index (χ4n) is 3.01. The van der Waals surface area contributed by atoms with Crippen LogP contribution in [0.5, 0.6) is 0 Å². The monoisotopic (exact) mass is 420 g/mol. The Morgan fingerprint density at radius 1 is 1.10 bits per heavy atom. The van der Waals surface area contributed by atoms with Crippen LogP contribution in [0, 0.1) is 5.82 Å². The third-order valence-corrected chi connectivity index (χ3v) is 4.50. The fraction of sp³-hybridized carbons (Fsp3) is 0.0909. The molecule has 2 heterocycles. The predicted molar refractivity (Wildman–Crippen MR) is 110 cm³/mol. The van der Waals surface area contributed by atoms with Crippen LogP contribution in [-0.2, 0) is 16.1 Å². The molecule has 4 rings (SSSR count). The van der Waals surface area contributed by atoms with Gasteiger partial charge < -0.3 is 19.1 Å². The third-order valence-electron chi connectivity index (χ3n) is 4.50. The molecule has 2 aromatic heterocycles. The van der Waals surface area contributed by atoms with Gasteiger partial charge >= 0.3 is 5.97 Å². The van der Waals surface area contributed by atoms with E-state index in [1.165, 1.54) is 19.2 Å². The Morgan fingerprint density at radius 2 is 1.87 bits per heavy atom. The van der Waals surface area contributed by atoms with Crippen LogP contribution in [-0.4, -0.2) is 33.7 Å². The summed E-state index contributed by atoms with van der Waals surface area (Å²) in [5.41, 5.74) is 1.75. The molecule has 156 valence electrons. The third kappa shape index (κ3) is 4.35. The van der Waals surface area contributed by atoms with E-state index in [1.807, 2.05) is 0 Å². The lowest BCUT2D eigenvalue weighted by molar-refractivity contribution is -0.116. The van der Waals surface area contributed by atoms with Crippen molar-refractivity contribution < 1.29 is 23.2 Å². The second-order valence-electron chi connectivity index (χ2n) is 6.54. The van der Waals surface area contributed by atoms with Crippen molar-refractivity contribution in [3.8, 4) is 23.0 Å². The summed E-state index contributed by atoms with van der Waals surface area (Å²) in [7, 11) is 1.28. The number of ether oxygens (including phenoxy) is 1. The zero-order valence-electron chi connectivity index (χ0n) is 16.4. The Labute approximate surface area is 176 Å². The highest BCUT2D eigenvalue weighted by molar-refractivity contribution is 6.01. The van der Waals surface area contributed by atoms with Crippen LogP contribution in [0.2, 0.25) is 0 Å². The van der Waals surface area contributed by atoms with E-state index in [2.05, 4.69) is 15.5 Å². The predicted octanol–water partition coefficient (Wildman–Crippen LogP) is 3.77. The van der Waals surface area contributed by atoms with Crippen molar-refractivity contribution >= 4 is 17.6 Å². The molecule has 0 aliphatic carbocycles. The summed E-state index contributed by atoms with van der Waals surface area (Å²) < 4.78 is 24.8. The van der Waals surface area contributed by atoms with Crippen LogP contribution in [0.1, 0.15) is 10.4 Å². The molecule has 1 amide bonds. The zero-order valence-corrected chi connectivity index (χ0v) is 16.4. The van der Waals surface area contributed by atoms with Crippen molar-refractivity contribution in [2.45, 2.75) is 6.54 Å². The van der Waals surface area contributed by atoms with Crippen LogP contribution >= 0.6 is 0 Å². The summed E-state index contributed by atoms with van der Waals surface area (Å²) in [5.74, 6) is -0.740. The second-order valence-corrected chi connectivity index (χ2v) is 6.54. The van der Waals surface area contributed by atoms with E-state index in [9.17, 15) is 14.0 Å². The van der Waals surface area contributed by atoms with Gasteiger partial charge in [-0.3, -0.25) is 4.79 Å². The van der Waals surface area contributed by atoms with E-state index in [0.29, 0.717) is 22.8 Å². The van der Waals surface area contributed by atoms with Gasteiger partial charge in [0, 0.05) is 11.8 Å². The molecule has 0 atom stereocenters. The second kappa shape index (κ2) is 8.62. The van der Waals surface area contributed by atoms with Gasteiger partial charge in [-0.25, -0.2) is 9.18 Å². The molecule has 0 unspecified atom stereocenters. The molecule has 1 N–H and O–H groups in total. The molecular formula is C22H17FN4O4. The number of amides is 1. The summed E-state index contributed by atoms with van der Waals surface area (Å²) >= 11 is 0. The first kappa shape index (κ1) is 20.0. The lowest BCUT2D eigenvalue weighted by Crippen LogP contribution is -2.20. The van der Waals surface area contributed by atoms with Crippen molar-refractivity contribution in [1.82, 2.24) is 14.7 Å². The van der Waals surface area contributed by atoms with Gasteiger partial charge in [0.15, 0.2) is 0 Å². The van der Waals surface area contributed by atoms with Gasteiger partial charge in [0.1, 0.15) is 18.1 Å². The Kier molecular flexibility index (Phi) is 5.57. The van der Waals surface area contributed by atoms with Gasteiger partial charge in [-0.2, -0.15) is 4.98 Å². The molecule has 4 aromatic rings. The molecule has 0 spiro atoms. The zero-order chi connectivity index (χ0) is 21.8. The number of esters is 1. The average molecular weight is 420 g/mol. The van der Waals surface area contributed by atoms with Crippen molar-refractivity contribution in [1.29, 1.82) is 0 Å². The minimum absolute atomic E-state index is 0.0495. The van der Waals surface area contributed by atoms with Crippen molar-refractivity contribution in [2.24, 2.45) is 0 Å². The first-order valence-electron chi connectivity index (χ1n) is 9.27. The normalized spacial score (nSPS) is 10.6. The quantitative estimate of drug-likeness (QED) is 0.477. The number of methoxy groups -OCH3 is 1. The van der Waals surface area contributed by atoms with Crippen molar-refractivity contribution in [2.75, 3.05) is 12.4 Å². The number of carbonyl (C=O) groups is 2. The summed E-state index contributed by atoms with van der Waals surface area (Å²) in [5, 5.41) is 6.64. The number of hydrogen-bond donors (Lipinski definition) is 1. The Hall–Kier alpha value is -4.27. The van der Waals surface area contributed by atoms with Crippen molar-refractivity contribution in [3.05, 3.63) is 78.2 Å². The molecule has 0 aliphatic heterocycles. The van der Waals surface area contributed by atoms with Gasteiger partial charge in [0.05, 0.1) is 18.4 Å². The molecule has 0 radical (unpaired) electrons. The summed E-state index contributed by atoms with van der Waals surface area (Å²) in [4.78, 5) is 28.8. The summed E-state index contributed by atoms with van der Waals surface area (Å²) in [6.07, 6.45) is 1.70. The minimum Gasteiger partial charge on any atom is -0.465 e. The maximum atomic E-state index is 13.1. The van der Waals surface area contributed by atoms with Gasteiger partial charge in [-0.1, -0.05) is 17.3 Å². The lowest BCUT2D eigenvalue weighted by atomic mass is 10.2. The molecule has 0 saturated carbocycles. The van der Waals surface area contributed by atoms with E-state index < -0.39 is 5.97 Å². The number of halogens is 1. The molecule has 0 fully saturated rings. The first-order valence-corrected chi connectivity index (χ1v) is 9.27. The standard InChI is InChI=1S/C22H17FN4O4/c1-30-22(29)16-5-2-3-6-17(16)24-19(28)13-27-12-4-7-18(27)21-25-20(26-31-21)14-8-10-15(23)11-9-14/h2-12H,13H2,1H3,(H,24,28). The molecular weight excluding hydrogens is 403 g/mol. The van der Waals surface area contributed by atoms with Crippen LogP contribution in [0.4, 0.5) is 10.1 Å². The molecule has 0 saturated heterocycles. The van der Waals surface area contributed by atoms with Gasteiger partial charge in [0.2, 0.25) is 11.7 Å². The Morgan fingerprint density at radius 3 is 2.65 bits per heavy atom.